The van der Waals surface area contributed by atoms with Crippen molar-refractivity contribution in [3.8, 4) is 0 Å². The van der Waals surface area contributed by atoms with Crippen molar-refractivity contribution in [2.45, 2.75) is 19.4 Å². The van der Waals surface area contributed by atoms with Gasteiger partial charge in [0.1, 0.15) is 5.82 Å². The molecule has 0 fully saturated rings. The maximum Gasteiger partial charge on any atom is 0.251 e. The van der Waals surface area contributed by atoms with Gasteiger partial charge in [-0.2, -0.15) is 0 Å². The molecule has 0 radical (unpaired) electrons. The van der Waals surface area contributed by atoms with Gasteiger partial charge in [-0.25, -0.2) is 4.39 Å². The van der Waals surface area contributed by atoms with Gasteiger partial charge in [0.05, 0.1) is 12.6 Å². The van der Waals surface area contributed by atoms with Crippen molar-refractivity contribution in [1.29, 1.82) is 0 Å². The molecule has 0 aromatic heterocycles. The third-order valence-electron chi connectivity index (χ3n) is 2.23. The topological polar surface area (TPSA) is 49.3 Å². The lowest BCUT2D eigenvalue weighted by Crippen LogP contribution is -2.36. The molecular weight excluding hydrogens is 324 g/mol. The quantitative estimate of drug-likeness (QED) is 0.825. The van der Waals surface area contributed by atoms with E-state index in [9.17, 15) is 9.18 Å². The van der Waals surface area contributed by atoms with Gasteiger partial charge in [0.25, 0.3) is 5.91 Å². The Morgan fingerprint density at radius 1 is 1.62 bits per heavy atom. The molecule has 0 spiro atoms. The second-order valence-corrected chi connectivity index (χ2v) is 4.55. The fourth-order valence-corrected chi connectivity index (χ4v) is 1.52. The summed E-state index contributed by atoms with van der Waals surface area (Å²) in [5.74, 6) is -0.776. The highest BCUT2D eigenvalue weighted by Crippen LogP contribution is 2.12. The minimum Gasteiger partial charge on any atom is -0.394 e. The molecule has 1 aromatic carbocycles. The van der Waals surface area contributed by atoms with E-state index >= 15 is 0 Å². The average Bonchev–Trinajstić information content (AvgIpc) is 2.29. The van der Waals surface area contributed by atoms with Crippen LogP contribution in [0.25, 0.3) is 0 Å². The first-order valence-electron chi connectivity index (χ1n) is 4.95. The van der Waals surface area contributed by atoms with E-state index in [2.05, 4.69) is 5.32 Å². The van der Waals surface area contributed by atoms with Gasteiger partial charge < -0.3 is 10.4 Å². The number of hydrogen-bond donors (Lipinski definition) is 2. The lowest BCUT2D eigenvalue weighted by Gasteiger charge is -2.13. The molecule has 1 atom stereocenters. The van der Waals surface area contributed by atoms with E-state index in [0.29, 0.717) is 9.99 Å². The number of benzene rings is 1. The lowest BCUT2D eigenvalue weighted by atomic mass is 10.1. The summed E-state index contributed by atoms with van der Waals surface area (Å²) in [7, 11) is 0. The van der Waals surface area contributed by atoms with Crippen molar-refractivity contribution in [3.05, 3.63) is 33.1 Å². The zero-order chi connectivity index (χ0) is 12.1. The van der Waals surface area contributed by atoms with E-state index in [4.69, 9.17) is 5.11 Å². The number of hydrogen-bond acceptors (Lipinski definition) is 2. The Balaban J connectivity index is 2.76. The molecule has 0 saturated heterocycles. The highest BCUT2D eigenvalue weighted by Gasteiger charge is 2.12. The van der Waals surface area contributed by atoms with E-state index in [0.717, 1.165) is 0 Å². The largest absolute Gasteiger partial charge is 0.394 e. The van der Waals surface area contributed by atoms with Crippen LogP contribution in [-0.4, -0.2) is 23.7 Å². The molecule has 0 saturated carbocycles. The lowest BCUT2D eigenvalue weighted by molar-refractivity contribution is 0.0914. The van der Waals surface area contributed by atoms with Crippen LogP contribution in [0.5, 0.6) is 0 Å². The summed E-state index contributed by atoms with van der Waals surface area (Å²) in [5, 5.41) is 11.6. The molecule has 16 heavy (non-hydrogen) atoms. The van der Waals surface area contributed by atoms with E-state index in [-0.39, 0.29) is 24.1 Å². The molecule has 1 unspecified atom stereocenters. The van der Waals surface area contributed by atoms with Gasteiger partial charge in [-0.05, 0) is 47.2 Å². The molecule has 5 heteroatoms. The van der Waals surface area contributed by atoms with Gasteiger partial charge in [-0.1, -0.05) is 6.92 Å². The summed E-state index contributed by atoms with van der Waals surface area (Å²) in [6.45, 7) is 1.74. The Hall–Kier alpha value is -0.690. The summed E-state index contributed by atoms with van der Waals surface area (Å²) < 4.78 is 13.7. The molecule has 1 rings (SSSR count). The Morgan fingerprint density at radius 3 is 2.81 bits per heavy atom. The summed E-state index contributed by atoms with van der Waals surface area (Å²) in [5.41, 5.74) is 0.268. The van der Waals surface area contributed by atoms with E-state index in [1.165, 1.54) is 6.07 Å². The van der Waals surface area contributed by atoms with Crippen molar-refractivity contribution < 1.29 is 14.3 Å². The second kappa shape index (κ2) is 6.15. The number of carbonyl (C=O) groups is 1. The molecule has 0 heterocycles. The van der Waals surface area contributed by atoms with Crippen molar-refractivity contribution >= 4 is 28.5 Å². The van der Waals surface area contributed by atoms with Crippen LogP contribution in [0.3, 0.4) is 0 Å². The van der Waals surface area contributed by atoms with Crippen LogP contribution in [0.4, 0.5) is 4.39 Å². The summed E-state index contributed by atoms with van der Waals surface area (Å²) >= 11 is 1.86. The second-order valence-electron chi connectivity index (χ2n) is 3.39. The first kappa shape index (κ1) is 13.4. The number of amides is 1. The van der Waals surface area contributed by atoms with Gasteiger partial charge in [0, 0.05) is 9.13 Å². The van der Waals surface area contributed by atoms with Gasteiger partial charge in [-0.15, -0.1) is 0 Å². The molecule has 3 nitrogen and oxygen atoms in total. The smallest absolute Gasteiger partial charge is 0.251 e. The number of rotatable bonds is 4. The normalized spacial score (nSPS) is 12.2. The summed E-state index contributed by atoms with van der Waals surface area (Å²) in [6.07, 6.45) is 0.634. The predicted octanol–water partition coefficient (Wildman–Crippen LogP) is 1.93. The zero-order valence-electron chi connectivity index (χ0n) is 8.84. The highest BCUT2D eigenvalue weighted by atomic mass is 127. The van der Waals surface area contributed by atoms with Crippen LogP contribution in [0.1, 0.15) is 23.7 Å². The van der Waals surface area contributed by atoms with Gasteiger partial charge in [-0.3, -0.25) is 4.79 Å². The Bertz CT molecular complexity index is 380. The van der Waals surface area contributed by atoms with Gasteiger partial charge >= 0.3 is 0 Å². The standard InChI is InChI=1S/C11H13FINO2/c1-2-8(6-15)14-11(16)7-3-4-10(13)9(12)5-7/h3-5,8,15H,2,6H2,1H3,(H,14,16). The summed E-state index contributed by atoms with van der Waals surface area (Å²) in [6, 6.07) is 4.02. The SMILES string of the molecule is CCC(CO)NC(=O)c1ccc(I)c(F)c1. The van der Waals surface area contributed by atoms with Crippen LogP contribution < -0.4 is 5.32 Å². The number of aliphatic hydroxyl groups excluding tert-OH is 1. The molecule has 2 N–H and O–H groups in total. The minimum atomic E-state index is -0.412. The van der Waals surface area contributed by atoms with Crippen LogP contribution >= 0.6 is 22.6 Å². The number of halogens is 2. The number of aliphatic hydroxyl groups is 1. The molecule has 1 amide bonds. The Kier molecular flexibility index (Phi) is 5.14. The van der Waals surface area contributed by atoms with E-state index < -0.39 is 5.82 Å². The minimum absolute atomic E-state index is 0.116. The predicted molar refractivity (Wildman–Crippen MR) is 67.7 cm³/mol. The summed E-state index contributed by atoms with van der Waals surface area (Å²) in [4.78, 5) is 11.6. The fourth-order valence-electron chi connectivity index (χ4n) is 1.18. The monoisotopic (exact) mass is 337 g/mol. The number of nitrogens with one attached hydrogen (secondary N) is 1. The van der Waals surface area contributed by atoms with E-state index in [1.807, 2.05) is 29.5 Å². The Labute approximate surface area is 107 Å². The molecule has 0 aliphatic carbocycles. The maximum atomic E-state index is 13.2. The maximum absolute atomic E-state index is 13.2. The molecule has 0 aliphatic heterocycles. The number of carbonyl (C=O) groups excluding carboxylic acids is 1. The molecule has 0 aliphatic rings. The first-order chi connectivity index (χ1) is 7.58. The van der Waals surface area contributed by atoms with Gasteiger partial charge in [0.15, 0.2) is 0 Å². The van der Waals surface area contributed by atoms with Crippen LogP contribution in [0.15, 0.2) is 18.2 Å². The first-order valence-corrected chi connectivity index (χ1v) is 6.03. The van der Waals surface area contributed by atoms with Crippen LogP contribution in [0, 0.1) is 9.39 Å². The Morgan fingerprint density at radius 2 is 2.31 bits per heavy atom. The van der Waals surface area contributed by atoms with Crippen molar-refractivity contribution in [2.24, 2.45) is 0 Å². The average molecular weight is 337 g/mol. The molecule has 88 valence electrons. The van der Waals surface area contributed by atoms with E-state index in [1.54, 1.807) is 12.1 Å². The fraction of sp³-hybridized carbons (Fsp3) is 0.364. The molecular formula is C11H13FINO2. The highest BCUT2D eigenvalue weighted by molar-refractivity contribution is 14.1. The van der Waals surface area contributed by atoms with Crippen molar-refractivity contribution in [2.75, 3.05) is 6.61 Å². The molecule has 1 aromatic rings. The molecule has 0 bridgehead atoms. The third-order valence-corrected chi connectivity index (χ3v) is 3.11. The van der Waals surface area contributed by atoms with Crippen LogP contribution in [0.2, 0.25) is 0 Å². The van der Waals surface area contributed by atoms with Crippen LogP contribution in [-0.2, 0) is 0 Å². The third kappa shape index (κ3) is 3.41. The van der Waals surface area contributed by atoms with Gasteiger partial charge in [0.2, 0.25) is 0 Å². The van der Waals surface area contributed by atoms with Crippen molar-refractivity contribution in [1.82, 2.24) is 5.32 Å². The van der Waals surface area contributed by atoms with Crippen molar-refractivity contribution in [3.63, 3.8) is 0 Å². The zero-order valence-corrected chi connectivity index (χ0v) is 11.0.